The first-order valence-corrected chi connectivity index (χ1v) is 9.05. The van der Waals surface area contributed by atoms with Crippen LogP contribution in [0.15, 0.2) is 53.3 Å². The van der Waals surface area contributed by atoms with Crippen LogP contribution in [-0.2, 0) is 16.9 Å². The number of hydrogen-bond acceptors (Lipinski definition) is 5. The number of carboxylic acid groups (broad SMARTS) is 1. The van der Waals surface area contributed by atoms with Crippen molar-refractivity contribution in [3.05, 3.63) is 60.1 Å². The Morgan fingerprint density at radius 1 is 1.26 bits per heavy atom. The lowest BCUT2D eigenvalue weighted by Gasteiger charge is -2.38. The molecule has 1 fully saturated rings. The van der Waals surface area contributed by atoms with E-state index in [9.17, 15) is 9.90 Å². The summed E-state index contributed by atoms with van der Waals surface area (Å²) >= 11 is 0. The number of rotatable bonds is 5. The second-order valence-corrected chi connectivity index (χ2v) is 7.12. The predicted octanol–water partition coefficient (Wildman–Crippen LogP) is 2.92. The Balaban J connectivity index is 1.44. The number of carboxylic acids is 1. The number of carbonyl (C=O) groups is 1. The molecule has 0 radical (unpaired) electrons. The minimum atomic E-state index is -0.971. The molecule has 0 amide bonds. The summed E-state index contributed by atoms with van der Waals surface area (Å²) in [6.07, 6.45) is 4.52. The highest BCUT2D eigenvalue weighted by Crippen LogP contribution is 2.31. The van der Waals surface area contributed by atoms with Gasteiger partial charge in [0, 0.05) is 30.9 Å². The minimum absolute atomic E-state index is 0.503. The van der Waals surface area contributed by atoms with E-state index in [-0.39, 0.29) is 0 Å². The number of aromatic nitrogens is 3. The van der Waals surface area contributed by atoms with Gasteiger partial charge in [0.2, 0.25) is 0 Å². The molecular weight excluding hydrogens is 344 g/mol. The van der Waals surface area contributed by atoms with Crippen LogP contribution in [0, 0.1) is 6.92 Å². The first-order chi connectivity index (χ1) is 13.1. The zero-order valence-electron chi connectivity index (χ0n) is 15.2. The van der Waals surface area contributed by atoms with Crippen LogP contribution in [-0.4, -0.2) is 44.0 Å². The third kappa shape index (κ3) is 3.38. The lowest BCUT2D eigenvalue weighted by atomic mass is 9.87. The summed E-state index contributed by atoms with van der Waals surface area (Å²) in [6, 6.07) is 11.8. The topological polar surface area (TPSA) is 84.4 Å². The molecule has 0 aliphatic carbocycles. The van der Waals surface area contributed by atoms with Crippen molar-refractivity contribution in [2.75, 3.05) is 13.1 Å². The van der Waals surface area contributed by atoms with Gasteiger partial charge in [-0.1, -0.05) is 35.5 Å². The number of aliphatic carboxylic acids is 1. The molecule has 2 aromatic heterocycles. The Bertz CT molecular complexity index is 924. The summed E-state index contributed by atoms with van der Waals surface area (Å²) in [7, 11) is 0. The Morgan fingerprint density at radius 2 is 2.00 bits per heavy atom. The molecule has 1 N–H and O–H groups in total. The van der Waals surface area contributed by atoms with Gasteiger partial charge in [-0.25, -0.2) is 4.79 Å². The Labute approximate surface area is 157 Å². The Morgan fingerprint density at radius 3 is 2.63 bits per heavy atom. The molecule has 1 aromatic carbocycles. The second-order valence-electron chi connectivity index (χ2n) is 7.12. The molecule has 0 bridgehead atoms. The molecule has 0 saturated carbocycles. The predicted molar refractivity (Wildman–Crippen MR) is 99.0 cm³/mol. The summed E-state index contributed by atoms with van der Waals surface area (Å²) in [5.41, 5.74) is 1.83. The Kier molecular flexibility index (Phi) is 4.53. The highest BCUT2D eigenvalue weighted by molar-refractivity contribution is 5.76. The molecule has 0 spiro atoms. The summed E-state index contributed by atoms with van der Waals surface area (Å²) in [4.78, 5) is 14.2. The van der Waals surface area contributed by atoms with E-state index in [1.807, 2.05) is 49.5 Å². The average molecular weight is 366 g/mol. The minimum Gasteiger partial charge on any atom is -0.479 e. The van der Waals surface area contributed by atoms with Crippen molar-refractivity contribution in [1.82, 2.24) is 19.8 Å². The van der Waals surface area contributed by atoms with Crippen LogP contribution < -0.4 is 0 Å². The lowest BCUT2D eigenvalue weighted by Crippen LogP contribution is -2.51. The third-order valence-electron chi connectivity index (χ3n) is 5.24. The van der Waals surface area contributed by atoms with Crippen LogP contribution in [0.5, 0.6) is 0 Å². The van der Waals surface area contributed by atoms with E-state index < -0.39 is 11.5 Å². The SMILES string of the molecule is Cc1cnn(C2(C(=O)O)CCN(Cc3cc(-c4ccccc4)no3)CC2)c1. The van der Waals surface area contributed by atoms with Crippen molar-refractivity contribution in [1.29, 1.82) is 0 Å². The van der Waals surface area contributed by atoms with Gasteiger partial charge in [0.15, 0.2) is 11.3 Å². The average Bonchev–Trinajstić information content (AvgIpc) is 3.32. The van der Waals surface area contributed by atoms with Crippen LogP contribution in [0.25, 0.3) is 11.3 Å². The number of nitrogens with zero attached hydrogens (tertiary/aromatic N) is 4. The van der Waals surface area contributed by atoms with Crippen LogP contribution in [0.3, 0.4) is 0 Å². The first-order valence-electron chi connectivity index (χ1n) is 9.05. The molecule has 0 unspecified atom stereocenters. The second kappa shape index (κ2) is 7.00. The summed E-state index contributed by atoms with van der Waals surface area (Å²) in [6.45, 7) is 3.86. The van der Waals surface area contributed by atoms with Gasteiger partial charge in [-0.3, -0.25) is 9.58 Å². The van der Waals surface area contributed by atoms with Gasteiger partial charge in [-0.15, -0.1) is 0 Å². The van der Waals surface area contributed by atoms with E-state index in [0.717, 1.165) is 22.6 Å². The van der Waals surface area contributed by atoms with Gasteiger partial charge < -0.3 is 9.63 Å². The van der Waals surface area contributed by atoms with Crippen LogP contribution in [0.1, 0.15) is 24.2 Å². The Hall–Kier alpha value is -2.93. The molecule has 3 heterocycles. The lowest BCUT2D eigenvalue weighted by molar-refractivity contribution is -0.151. The molecule has 27 heavy (non-hydrogen) atoms. The van der Waals surface area contributed by atoms with Crippen molar-refractivity contribution in [3.8, 4) is 11.3 Å². The van der Waals surface area contributed by atoms with Crippen LogP contribution in [0.2, 0.25) is 0 Å². The molecule has 1 saturated heterocycles. The van der Waals surface area contributed by atoms with E-state index in [0.29, 0.717) is 32.5 Å². The zero-order chi connectivity index (χ0) is 18.9. The number of hydrogen-bond donors (Lipinski definition) is 1. The summed E-state index contributed by atoms with van der Waals surface area (Å²) in [5.74, 6) is -0.0390. The van der Waals surface area contributed by atoms with Gasteiger partial charge in [0.05, 0.1) is 12.7 Å². The molecule has 7 nitrogen and oxygen atoms in total. The van der Waals surface area contributed by atoms with E-state index >= 15 is 0 Å². The number of benzene rings is 1. The third-order valence-corrected chi connectivity index (χ3v) is 5.24. The van der Waals surface area contributed by atoms with E-state index in [2.05, 4.69) is 15.2 Å². The smallest absolute Gasteiger partial charge is 0.331 e. The first kappa shape index (κ1) is 17.5. The molecule has 3 aromatic rings. The maximum Gasteiger partial charge on any atom is 0.331 e. The summed E-state index contributed by atoms with van der Waals surface area (Å²) < 4.78 is 7.10. The van der Waals surface area contributed by atoms with Gasteiger partial charge in [0.25, 0.3) is 0 Å². The number of aryl methyl sites for hydroxylation is 1. The van der Waals surface area contributed by atoms with Gasteiger partial charge in [0.1, 0.15) is 5.69 Å². The maximum atomic E-state index is 12.0. The van der Waals surface area contributed by atoms with Crippen LogP contribution >= 0.6 is 0 Å². The van der Waals surface area contributed by atoms with Crippen molar-refractivity contribution < 1.29 is 14.4 Å². The largest absolute Gasteiger partial charge is 0.479 e. The fourth-order valence-corrected chi connectivity index (χ4v) is 3.62. The molecule has 7 heteroatoms. The molecular formula is C20H22N4O3. The highest BCUT2D eigenvalue weighted by Gasteiger charge is 2.44. The fourth-order valence-electron chi connectivity index (χ4n) is 3.62. The van der Waals surface area contributed by atoms with E-state index in [1.54, 1.807) is 10.9 Å². The standard InChI is InChI=1S/C20H22N4O3/c1-15-12-21-24(13-15)20(19(25)26)7-9-23(10-8-20)14-17-11-18(22-27-17)16-5-3-2-4-6-16/h2-6,11-13H,7-10,14H2,1H3,(H,25,26). The molecule has 4 rings (SSSR count). The van der Waals surface area contributed by atoms with Crippen LogP contribution in [0.4, 0.5) is 0 Å². The van der Waals surface area contributed by atoms with Gasteiger partial charge in [-0.2, -0.15) is 5.10 Å². The van der Waals surface area contributed by atoms with Crippen molar-refractivity contribution in [2.45, 2.75) is 31.8 Å². The van der Waals surface area contributed by atoms with E-state index in [1.165, 1.54) is 0 Å². The molecule has 1 aliphatic rings. The van der Waals surface area contributed by atoms with Gasteiger partial charge in [-0.05, 0) is 25.3 Å². The molecule has 0 atom stereocenters. The number of likely N-dealkylation sites (tertiary alicyclic amines) is 1. The highest BCUT2D eigenvalue weighted by atomic mass is 16.5. The quantitative estimate of drug-likeness (QED) is 0.747. The molecule has 1 aliphatic heterocycles. The number of piperidine rings is 1. The van der Waals surface area contributed by atoms with Crippen molar-refractivity contribution in [3.63, 3.8) is 0 Å². The monoisotopic (exact) mass is 366 g/mol. The fraction of sp³-hybridized carbons (Fsp3) is 0.350. The van der Waals surface area contributed by atoms with Crippen molar-refractivity contribution in [2.24, 2.45) is 0 Å². The zero-order valence-corrected chi connectivity index (χ0v) is 15.2. The normalized spacial score (nSPS) is 17.1. The van der Waals surface area contributed by atoms with Gasteiger partial charge >= 0.3 is 5.97 Å². The maximum absolute atomic E-state index is 12.0. The van der Waals surface area contributed by atoms with E-state index in [4.69, 9.17) is 4.52 Å². The molecule has 140 valence electrons. The van der Waals surface area contributed by atoms with Crippen molar-refractivity contribution >= 4 is 5.97 Å². The summed E-state index contributed by atoms with van der Waals surface area (Å²) in [5, 5.41) is 18.3.